The second-order valence-electron chi connectivity index (χ2n) is 3.83. The van der Waals surface area contributed by atoms with Gasteiger partial charge in [0, 0.05) is 17.6 Å². The molecule has 0 aliphatic carbocycles. The fourth-order valence-corrected chi connectivity index (χ4v) is 1.55. The number of carbonyl (C=O) groups is 2. The number of halogens is 1. The molecule has 0 unspecified atom stereocenters. The van der Waals surface area contributed by atoms with Crippen LogP contribution in [-0.4, -0.2) is 24.5 Å². The van der Waals surface area contributed by atoms with Gasteiger partial charge in [0.2, 0.25) is 0 Å². The van der Waals surface area contributed by atoms with E-state index in [1.54, 1.807) is 31.2 Å². The average Bonchev–Trinajstić information content (AvgIpc) is 2.38. The van der Waals surface area contributed by atoms with Crippen LogP contribution in [-0.2, 0) is 14.3 Å². The normalized spacial score (nSPS) is 12.2. The van der Waals surface area contributed by atoms with Gasteiger partial charge in [-0.05, 0) is 31.6 Å². The molecule has 1 atom stereocenters. The van der Waals surface area contributed by atoms with E-state index < -0.39 is 12.1 Å². The smallest absolute Gasteiger partial charge is 0.331 e. The van der Waals surface area contributed by atoms with Gasteiger partial charge in [-0.15, -0.1) is 0 Å². The Hall–Kier alpha value is -1.81. The summed E-state index contributed by atoms with van der Waals surface area (Å²) in [6.45, 7) is 3.81. The molecule has 102 valence electrons. The zero-order valence-electron chi connectivity index (χ0n) is 10.9. The summed E-state index contributed by atoms with van der Waals surface area (Å²) in [4.78, 5) is 22.9. The van der Waals surface area contributed by atoms with Crippen LogP contribution >= 0.6 is 11.6 Å². The molecule has 1 rings (SSSR count). The van der Waals surface area contributed by atoms with Crippen LogP contribution in [0.2, 0.25) is 5.02 Å². The SMILES string of the molecule is CCNC(=O)[C@@H](C)OC(=O)/C=C/c1ccccc1Cl. The van der Waals surface area contributed by atoms with Gasteiger partial charge in [0.05, 0.1) is 0 Å². The van der Waals surface area contributed by atoms with Crippen LogP contribution in [0.25, 0.3) is 6.08 Å². The maximum absolute atomic E-state index is 11.5. The Morgan fingerprint density at radius 2 is 2.11 bits per heavy atom. The van der Waals surface area contributed by atoms with Crippen molar-refractivity contribution in [3.8, 4) is 0 Å². The van der Waals surface area contributed by atoms with E-state index >= 15 is 0 Å². The lowest BCUT2D eigenvalue weighted by Crippen LogP contribution is -2.35. The summed E-state index contributed by atoms with van der Waals surface area (Å²) in [5.74, 6) is -0.902. The molecule has 0 radical (unpaired) electrons. The second-order valence-corrected chi connectivity index (χ2v) is 4.24. The van der Waals surface area contributed by atoms with E-state index in [4.69, 9.17) is 16.3 Å². The first-order valence-electron chi connectivity index (χ1n) is 5.95. The van der Waals surface area contributed by atoms with E-state index in [1.165, 1.54) is 13.0 Å². The minimum atomic E-state index is -0.816. The van der Waals surface area contributed by atoms with Crippen molar-refractivity contribution in [2.45, 2.75) is 20.0 Å². The van der Waals surface area contributed by atoms with Crippen molar-refractivity contribution in [2.24, 2.45) is 0 Å². The molecule has 0 spiro atoms. The first-order chi connectivity index (χ1) is 9.04. The first kappa shape index (κ1) is 15.2. The molecule has 0 fully saturated rings. The van der Waals surface area contributed by atoms with Gasteiger partial charge in [0.1, 0.15) is 0 Å². The maximum atomic E-state index is 11.5. The molecular weight excluding hydrogens is 266 g/mol. The van der Waals surface area contributed by atoms with Gasteiger partial charge in [-0.3, -0.25) is 4.79 Å². The van der Waals surface area contributed by atoms with E-state index in [0.717, 1.165) is 0 Å². The molecule has 0 aromatic heterocycles. The Morgan fingerprint density at radius 1 is 1.42 bits per heavy atom. The van der Waals surface area contributed by atoms with E-state index in [0.29, 0.717) is 17.1 Å². The Morgan fingerprint density at radius 3 is 2.74 bits per heavy atom. The molecular formula is C14H16ClNO3. The lowest BCUT2D eigenvalue weighted by atomic mass is 10.2. The predicted molar refractivity (Wildman–Crippen MR) is 74.7 cm³/mol. The van der Waals surface area contributed by atoms with E-state index in [9.17, 15) is 9.59 Å². The summed E-state index contributed by atoms with van der Waals surface area (Å²) < 4.78 is 4.95. The van der Waals surface area contributed by atoms with Crippen LogP contribution in [0.1, 0.15) is 19.4 Å². The van der Waals surface area contributed by atoms with Crippen molar-refractivity contribution in [1.29, 1.82) is 0 Å². The highest BCUT2D eigenvalue weighted by molar-refractivity contribution is 6.32. The van der Waals surface area contributed by atoms with Crippen LogP contribution in [0.4, 0.5) is 0 Å². The van der Waals surface area contributed by atoms with Crippen LogP contribution in [0.3, 0.4) is 0 Å². The lowest BCUT2D eigenvalue weighted by Gasteiger charge is -2.10. The fourth-order valence-electron chi connectivity index (χ4n) is 1.35. The average molecular weight is 282 g/mol. The fraction of sp³-hybridized carbons (Fsp3) is 0.286. The number of likely N-dealkylation sites (N-methyl/N-ethyl adjacent to an activating group) is 1. The minimum Gasteiger partial charge on any atom is -0.449 e. The summed E-state index contributed by atoms with van der Waals surface area (Å²) in [6.07, 6.45) is 1.98. The summed E-state index contributed by atoms with van der Waals surface area (Å²) in [5.41, 5.74) is 0.715. The van der Waals surface area contributed by atoms with Gasteiger partial charge in [0.15, 0.2) is 6.10 Å². The number of nitrogens with one attached hydrogen (secondary N) is 1. The molecule has 1 aromatic carbocycles. The number of esters is 1. The van der Waals surface area contributed by atoms with E-state index in [1.807, 2.05) is 6.07 Å². The van der Waals surface area contributed by atoms with Crippen molar-refractivity contribution in [2.75, 3.05) is 6.54 Å². The summed E-state index contributed by atoms with van der Waals surface area (Å²) in [7, 11) is 0. The first-order valence-corrected chi connectivity index (χ1v) is 6.33. The number of ether oxygens (including phenoxy) is 1. The molecule has 0 bridgehead atoms. The summed E-state index contributed by atoms with van der Waals surface area (Å²) in [5, 5.41) is 3.12. The highest BCUT2D eigenvalue weighted by Crippen LogP contribution is 2.16. The summed E-state index contributed by atoms with van der Waals surface area (Å²) in [6, 6.07) is 7.12. The number of benzene rings is 1. The van der Waals surface area contributed by atoms with E-state index in [-0.39, 0.29) is 5.91 Å². The third kappa shape index (κ3) is 5.14. The Balaban J connectivity index is 2.56. The highest BCUT2D eigenvalue weighted by Gasteiger charge is 2.15. The molecule has 5 heteroatoms. The third-order valence-electron chi connectivity index (χ3n) is 2.32. The van der Waals surface area contributed by atoms with Gasteiger partial charge in [0.25, 0.3) is 5.91 Å². The topological polar surface area (TPSA) is 55.4 Å². The van der Waals surface area contributed by atoms with Crippen molar-refractivity contribution in [3.05, 3.63) is 40.9 Å². The van der Waals surface area contributed by atoms with Crippen LogP contribution < -0.4 is 5.32 Å². The third-order valence-corrected chi connectivity index (χ3v) is 2.66. The number of hydrogen-bond acceptors (Lipinski definition) is 3. The second kappa shape index (κ2) is 7.59. The molecule has 0 heterocycles. The molecule has 1 aromatic rings. The Bertz CT molecular complexity index is 485. The minimum absolute atomic E-state index is 0.318. The van der Waals surface area contributed by atoms with Crippen molar-refractivity contribution in [3.63, 3.8) is 0 Å². The van der Waals surface area contributed by atoms with Crippen molar-refractivity contribution >= 4 is 29.6 Å². The number of amides is 1. The van der Waals surface area contributed by atoms with Crippen molar-refractivity contribution in [1.82, 2.24) is 5.32 Å². The zero-order valence-corrected chi connectivity index (χ0v) is 11.6. The standard InChI is InChI=1S/C14H16ClNO3/c1-3-16-14(18)10(2)19-13(17)9-8-11-6-4-5-7-12(11)15/h4-10H,3H2,1-2H3,(H,16,18)/b9-8+/t10-/m1/s1. The molecule has 0 aliphatic heterocycles. The number of carbonyl (C=O) groups excluding carboxylic acids is 2. The molecule has 0 aliphatic rings. The number of rotatable bonds is 5. The Kier molecular flexibility index (Phi) is 6.09. The molecule has 19 heavy (non-hydrogen) atoms. The molecule has 0 saturated heterocycles. The van der Waals surface area contributed by atoms with Gasteiger partial charge >= 0.3 is 5.97 Å². The van der Waals surface area contributed by atoms with Gasteiger partial charge < -0.3 is 10.1 Å². The van der Waals surface area contributed by atoms with Gasteiger partial charge in [-0.25, -0.2) is 4.79 Å². The highest BCUT2D eigenvalue weighted by atomic mass is 35.5. The monoisotopic (exact) mass is 281 g/mol. The van der Waals surface area contributed by atoms with Crippen LogP contribution in [0.15, 0.2) is 30.3 Å². The van der Waals surface area contributed by atoms with Crippen molar-refractivity contribution < 1.29 is 14.3 Å². The van der Waals surface area contributed by atoms with Crippen LogP contribution in [0, 0.1) is 0 Å². The molecule has 0 saturated carbocycles. The van der Waals surface area contributed by atoms with E-state index in [2.05, 4.69) is 5.32 Å². The maximum Gasteiger partial charge on any atom is 0.331 e. The predicted octanol–water partition coefficient (Wildman–Crippen LogP) is 2.42. The largest absolute Gasteiger partial charge is 0.449 e. The summed E-state index contributed by atoms with van der Waals surface area (Å²) >= 11 is 5.94. The number of hydrogen-bond donors (Lipinski definition) is 1. The zero-order chi connectivity index (χ0) is 14.3. The van der Waals surface area contributed by atoms with Gasteiger partial charge in [-0.2, -0.15) is 0 Å². The van der Waals surface area contributed by atoms with Gasteiger partial charge in [-0.1, -0.05) is 29.8 Å². The lowest BCUT2D eigenvalue weighted by molar-refractivity contribution is -0.150. The Labute approximate surface area is 117 Å². The quantitative estimate of drug-likeness (QED) is 0.666. The van der Waals surface area contributed by atoms with Crippen LogP contribution in [0.5, 0.6) is 0 Å². The molecule has 1 amide bonds. The molecule has 1 N–H and O–H groups in total. The molecule has 4 nitrogen and oxygen atoms in total.